The number of benzene rings is 1. The lowest BCUT2D eigenvalue weighted by Gasteiger charge is -2.12. The van der Waals surface area contributed by atoms with E-state index < -0.39 is 0 Å². The van der Waals surface area contributed by atoms with Crippen LogP contribution < -0.4 is 14.8 Å². The van der Waals surface area contributed by atoms with Gasteiger partial charge in [0.2, 0.25) is 0 Å². The van der Waals surface area contributed by atoms with Crippen LogP contribution in [0.15, 0.2) is 24.4 Å². The average Bonchev–Trinajstić information content (AvgIpc) is 3.10. The third-order valence-corrected chi connectivity index (χ3v) is 4.38. The molecule has 2 rings (SSSR count). The number of thiazole rings is 1. The topological polar surface area (TPSA) is 60.5 Å². The SMILES string of the molecule is CCCCOc1ccc(C=Cc2ncc(C(=O)NC)s2)cc1OCC. The molecule has 0 aliphatic rings. The van der Waals surface area contributed by atoms with E-state index in [4.69, 9.17) is 9.47 Å². The van der Waals surface area contributed by atoms with Gasteiger partial charge in [0.05, 0.1) is 19.4 Å². The van der Waals surface area contributed by atoms with E-state index >= 15 is 0 Å². The second-order valence-electron chi connectivity index (χ2n) is 5.32. The third-order valence-electron chi connectivity index (χ3n) is 3.42. The Morgan fingerprint density at radius 1 is 1.24 bits per heavy atom. The molecule has 0 aliphatic heterocycles. The zero-order chi connectivity index (χ0) is 18.1. The van der Waals surface area contributed by atoms with Gasteiger partial charge in [0.25, 0.3) is 5.91 Å². The number of hydrogen-bond donors (Lipinski definition) is 1. The van der Waals surface area contributed by atoms with Crippen LogP contribution in [0.2, 0.25) is 0 Å². The largest absolute Gasteiger partial charge is 0.490 e. The zero-order valence-electron chi connectivity index (χ0n) is 14.9. The van der Waals surface area contributed by atoms with Gasteiger partial charge in [0.15, 0.2) is 11.5 Å². The Labute approximate surface area is 152 Å². The molecule has 0 spiro atoms. The first-order valence-corrected chi connectivity index (χ1v) is 9.25. The highest BCUT2D eigenvalue weighted by Gasteiger charge is 2.08. The summed E-state index contributed by atoms with van der Waals surface area (Å²) < 4.78 is 11.5. The molecule has 0 aliphatic carbocycles. The summed E-state index contributed by atoms with van der Waals surface area (Å²) in [6.07, 6.45) is 7.53. The number of carbonyl (C=O) groups is 1. The van der Waals surface area contributed by atoms with E-state index in [1.54, 1.807) is 13.2 Å². The number of aromatic nitrogens is 1. The number of hydrogen-bond acceptors (Lipinski definition) is 5. The van der Waals surface area contributed by atoms with Gasteiger partial charge in [-0.1, -0.05) is 25.5 Å². The number of amides is 1. The number of nitrogens with zero attached hydrogens (tertiary/aromatic N) is 1. The minimum atomic E-state index is -0.121. The summed E-state index contributed by atoms with van der Waals surface area (Å²) in [6, 6.07) is 5.86. The van der Waals surface area contributed by atoms with Crippen molar-refractivity contribution in [2.24, 2.45) is 0 Å². The molecule has 1 aromatic carbocycles. The molecule has 1 amide bonds. The Morgan fingerprint density at radius 3 is 2.80 bits per heavy atom. The standard InChI is InChI=1S/C19H24N2O3S/c1-4-6-11-24-15-9-7-14(12-16(15)23-5-2)8-10-18-21-13-17(25-18)19(22)20-3/h7-10,12-13H,4-6,11H2,1-3H3,(H,20,22). The Bertz CT molecular complexity index is 725. The van der Waals surface area contributed by atoms with Crippen molar-refractivity contribution in [3.05, 3.63) is 39.8 Å². The van der Waals surface area contributed by atoms with Gasteiger partial charge in [-0.15, -0.1) is 11.3 Å². The maximum Gasteiger partial charge on any atom is 0.262 e. The van der Waals surface area contributed by atoms with E-state index in [2.05, 4.69) is 17.2 Å². The van der Waals surface area contributed by atoms with Crippen LogP contribution in [0.1, 0.15) is 46.9 Å². The summed E-state index contributed by atoms with van der Waals surface area (Å²) >= 11 is 1.35. The highest BCUT2D eigenvalue weighted by Crippen LogP contribution is 2.29. The van der Waals surface area contributed by atoms with Gasteiger partial charge in [0.1, 0.15) is 9.88 Å². The van der Waals surface area contributed by atoms with Crippen molar-refractivity contribution in [3.8, 4) is 11.5 Å². The summed E-state index contributed by atoms with van der Waals surface area (Å²) in [4.78, 5) is 16.4. The van der Waals surface area contributed by atoms with Crippen LogP contribution in [0, 0.1) is 0 Å². The summed E-state index contributed by atoms with van der Waals surface area (Å²) in [5, 5.41) is 3.37. The highest BCUT2D eigenvalue weighted by molar-refractivity contribution is 7.14. The number of nitrogens with one attached hydrogen (secondary N) is 1. The maximum absolute atomic E-state index is 11.6. The lowest BCUT2D eigenvalue weighted by molar-refractivity contribution is 0.0967. The molecule has 134 valence electrons. The van der Waals surface area contributed by atoms with E-state index in [0.717, 1.165) is 34.9 Å². The molecule has 5 nitrogen and oxygen atoms in total. The summed E-state index contributed by atoms with van der Waals surface area (Å²) in [6.45, 7) is 5.36. The van der Waals surface area contributed by atoms with E-state index in [-0.39, 0.29) is 5.91 Å². The molecule has 0 bridgehead atoms. The number of carbonyl (C=O) groups excluding carboxylic acids is 1. The first kappa shape index (κ1) is 19.0. The van der Waals surface area contributed by atoms with E-state index in [1.807, 2.05) is 37.3 Å². The monoisotopic (exact) mass is 360 g/mol. The van der Waals surface area contributed by atoms with Crippen LogP contribution in [0.5, 0.6) is 11.5 Å². The second kappa shape index (κ2) is 9.84. The minimum Gasteiger partial charge on any atom is -0.490 e. The molecular formula is C19H24N2O3S. The van der Waals surface area contributed by atoms with Crippen LogP contribution in [0.25, 0.3) is 12.2 Å². The fraction of sp³-hybridized carbons (Fsp3) is 0.368. The summed E-state index contributed by atoms with van der Waals surface area (Å²) in [5.74, 6) is 1.39. The molecule has 2 aromatic rings. The van der Waals surface area contributed by atoms with Crippen molar-refractivity contribution >= 4 is 29.4 Å². The first-order valence-electron chi connectivity index (χ1n) is 8.43. The van der Waals surface area contributed by atoms with Crippen LogP contribution >= 0.6 is 11.3 Å². The molecule has 0 saturated heterocycles. The van der Waals surface area contributed by atoms with E-state index in [0.29, 0.717) is 18.1 Å². The van der Waals surface area contributed by atoms with E-state index in [1.165, 1.54) is 11.3 Å². The molecule has 1 heterocycles. The Kier molecular flexibility index (Phi) is 7.47. The van der Waals surface area contributed by atoms with Crippen molar-refractivity contribution in [2.75, 3.05) is 20.3 Å². The second-order valence-corrected chi connectivity index (χ2v) is 6.38. The van der Waals surface area contributed by atoms with Gasteiger partial charge in [-0.25, -0.2) is 4.98 Å². The van der Waals surface area contributed by atoms with Crippen LogP contribution in [-0.4, -0.2) is 31.2 Å². The normalized spacial score (nSPS) is 10.8. The fourth-order valence-electron chi connectivity index (χ4n) is 2.10. The smallest absolute Gasteiger partial charge is 0.262 e. The molecule has 0 fully saturated rings. The van der Waals surface area contributed by atoms with Crippen LogP contribution in [0.4, 0.5) is 0 Å². The van der Waals surface area contributed by atoms with Gasteiger partial charge in [-0.05, 0) is 37.1 Å². The molecule has 6 heteroatoms. The van der Waals surface area contributed by atoms with Gasteiger partial charge in [0, 0.05) is 7.05 Å². The van der Waals surface area contributed by atoms with Crippen molar-refractivity contribution in [1.82, 2.24) is 10.3 Å². The van der Waals surface area contributed by atoms with Gasteiger partial charge in [-0.2, -0.15) is 0 Å². The Morgan fingerprint density at radius 2 is 2.08 bits per heavy atom. The third kappa shape index (κ3) is 5.60. The lowest BCUT2D eigenvalue weighted by Crippen LogP contribution is -2.16. The van der Waals surface area contributed by atoms with Gasteiger partial charge < -0.3 is 14.8 Å². The number of unbranched alkanes of at least 4 members (excludes halogenated alkanes) is 1. The molecule has 0 atom stereocenters. The summed E-state index contributed by atoms with van der Waals surface area (Å²) in [7, 11) is 1.61. The zero-order valence-corrected chi connectivity index (χ0v) is 15.7. The predicted octanol–water partition coefficient (Wildman–Crippen LogP) is 4.25. The predicted molar refractivity (Wildman–Crippen MR) is 102 cm³/mol. The van der Waals surface area contributed by atoms with Crippen molar-refractivity contribution in [3.63, 3.8) is 0 Å². The molecule has 1 N–H and O–H groups in total. The minimum absolute atomic E-state index is 0.121. The van der Waals surface area contributed by atoms with Crippen molar-refractivity contribution in [2.45, 2.75) is 26.7 Å². The molecule has 0 radical (unpaired) electrons. The highest BCUT2D eigenvalue weighted by atomic mass is 32.1. The van der Waals surface area contributed by atoms with E-state index in [9.17, 15) is 4.79 Å². The fourth-order valence-corrected chi connectivity index (χ4v) is 2.87. The maximum atomic E-state index is 11.6. The van der Waals surface area contributed by atoms with Crippen LogP contribution in [-0.2, 0) is 0 Å². The molecule has 25 heavy (non-hydrogen) atoms. The average molecular weight is 360 g/mol. The quantitative estimate of drug-likeness (QED) is 0.679. The van der Waals surface area contributed by atoms with Crippen LogP contribution in [0.3, 0.4) is 0 Å². The van der Waals surface area contributed by atoms with Gasteiger partial charge in [-0.3, -0.25) is 4.79 Å². The van der Waals surface area contributed by atoms with Crippen molar-refractivity contribution < 1.29 is 14.3 Å². The Balaban J connectivity index is 2.11. The first-order chi connectivity index (χ1) is 12.2. The lowest BCUT2D eigenvalue weighted by atomic mass is 10.2. The molecule has 1 aromatic heterocycles. The molecule has 0 saturated carbocycles. The number of ether oxygens (including phenoxy) is 2. The van der Waals surface area contributed by atoms with Gasteiger partial charge >= 0.3 is 0 Å². The molecular weight excluding hydrogens is 336 g/mol. The molecule has 0 unspecified atom stereocenters. The number of rotatable bonds is 9. The summed E-state index contributed by atoms with van der Waals surface area (Å²) in [5.41, 5.74) is 0.989. The Hall–Kier alpha value is -2.34. The van der Waals surface area contributed by atoms with Crippen molar-refractivity contribution in [1.29, 1.82) is 0 Å².